The topological polar surface area (TPSA) is 34.0 Å². The minimum atomic E-state index is -0.135. The highest BCUT2D eigenvalue weighted by Crippen LogP contribution is 2.53. The van der Waals surface area contributed by atoms with Gasteiger partial charge in [0.25, 0.3) is 0 Å². The molecule has 0 amide bonds. The van der Waals surface area contributed by atoms with Crippen molar-refractivity contribution in [2.45, 2.75) is 19.3 Å². The summed E-state index contributed by atoms with van der Waals surface area (Å²) in [5.74, 6) is 1.50. The SMILES string of the molecule is CC1(C)c2ccccc2-c2cc3c(cc21)C=Cc1cc(-c2ccc4c(c2)c2ccccc2n4-c2ccccc2)ccc1N3c1cc(-c2ccccc2)nc(-c2ccccc2)n1. The lowest BCUT2D eigenvalue weighted by atomic mass is 9.82. The molecule has 0 unspecified atom stereocenters. The van der Waals surface area contributed by atoms with Crippen LogP contribution >= 0.6 is 0 Å². The fourth-order valence-electron chi connectivity index (χ4n) is 9.74. The Morgan fingerprint density at radius 2 is 1.07 bits per heavy atom. The molecule has 61 heavy (non-hydrogen) atoms. The average molecular weight is 781 g/mol. The van der Waals surface area contributed by atoms with Crippen LogP contribution in [0.5, 0.6) is 0 Å². The molecule has 0 N–H and O–H groups in total. The zero-order valence-corrected chi connectivity index (χ0v) is 33.9. The summed E-state index contributed by atoms with van der Waals surface area (Å²) in [7, 11) is 0. The first-order valence-corrected chi connectivity index (χ1v) is 21.0. The van der Waals surface area contributed by atoms with E-state index in [9.17, 15) is 0 Å². The van der Waals surface area contributed by atoms with E-state index >= 15 is 0 Å². The second-order valence-electron chi connectivity index (χ2n) is 16.7. The van der Waals surface area contributed by atoms with Crippen molar-refractivity contribution in [1.29, 1.82) is 0 Å². The molecule has 8 aromatic carbocycles. The number of anilines is 3. The van der Waals surface area contributed by atoms with Gasteiger partial charge in [0.2, 0.25) is 0 Å². The van der Waals surface area contributed by atoms with Crippen molar-refractivity contribution in [3.63, 3.8) is 0 Å². The van der Waals surface area contributed by atoms with Gasteiger partial charge in [-0.3, -0.25) is 4.90 Å². The van der Waals surface area contributed by atoms with Crippen molar-refractivity contribution in [3.05, 3.63) is 216 Å². The zero-order chi connectivity index (χ0) is 40.7. The largest absolute Gasteiger partial charge is 0.309 e. The second-order valence-corrected chi connectivity index (χ2v) is 16.7. The van der Waals surface area contributed by atoms with E-state index in [1.54, 1.807) is 0 Å². The molecule has 2 aliphatic rings. The van der Waals surface area contributed by atoms with Crippen LogP contribution in [-0.2, 0) is 5.41 Å². The molecule has 0 bridgehead atoms. The smallest absolute Gasteiger partial charge is 0.162 e. The Morgan fingerprint density at radius 3 is 1.87 bits per heavy atom. The number of fused-ring (bicyclic) bond motifs is 8. The molecule has 3 heterocycles. The van der Waals surface area contributed by atoms with Crippen molar-refractivity contribution in [1.82, 2.24) is 14.5 Å². The van der Waals surface area contributed by atoms with Crippen LogP contribution in [0.1, 0.15) is 36.1 Å². The van der Waals surface area contributed by atoms with E-state index in [0.29, 0.717) is 5.82 Å². The summed E-state index contributed by atoms with van der Waals surface area (Å²) in [6, 6.07) is 69.7. The average Bonchev–Trinajstić information content (AvgIpc) is 3.69. The maximum atomic E-state index is 5.41. The van der Waals surface area contributed by atoms with E-state index in [2.05, 4.69) is 217 Å². The van der Waals surface area contributed by atoms with Crippen LogP contribution in [0.4, 0.5) is 17.2 Å². The molecular weight excluding hydrogens is 741 g/mol. The fourth-order valence-corrected chi connectivity index (χ4v) is 9.74. The monoisotopic (exact) mass is 780 g/mol. The molecule has 1 aliphatic heterocycles. The zero-order valence-electron chi connectivity index (χ0n) is 33.9. The van der Waals surface area contributed by atoms with Crippen molar-refractivity contribution in [3.8, 4) is 50.6 Å². The molecule has 288 valence electrons. The summed E-state index contributed by atoms with van der Waals surface area (Å²) in [4.78, 5) is 13.0. The van der Waals surface area contributed by atoms with Crippen LogP contribution < -0.4 is 4.90 Å². The Balaban J connectivity index is 1.07. The molecule has 12 rings (SSSR count). The number of benzene rings is 8. The molecule has 4 heteroatoms. The molecule has 2 aromatic heterocycles. The van der Waals surface area contributed by atoms with Crippen LogP contribution in [0.25, 0.3) is 84.5 Å². The van der Waals surface area contributed by atoms with E-state index in [4.69, 9.17) is 9.97 Å². The molecule has 4 nitrogen and oxygen atoms in total. The molecule has 10 aromatic rings. The Hall–Kier alpha value is -7.82. The molecule has 0 radical (unpaired) electrons. The lowest BCUT2D eigenvalue weighted by Gasteiger charge is -2.29. The molecule has 0 saturated heterocycles. The van der Waals surface area contributed by atoms with Gasteiger partial charge in [-0.2, -0.15) is 0 Å². The maximum absolute atomic E-state index is 5.41. The lowest BCUT2D eigenvalue weighted by molar-refractivity contribution is 0.660. The van der Waals surface area contributed by atoms with E-state index < -0.39 is 0 Å². The number of aromatic nitrogens is 3. The van der Waals surface area contributed by atoms with Crippen LogP contribution in [0.2, 0.25) is 0 Å². The van der Waals surface area contributed by atoms with Gasteiger partial charge in [0.1, 0.15) is 5.82 Å². The van der Waals surface area contributed by atoms with Gasteiger partial charge in [-0.25, -0.2) is 9.97 Å². The van der Waals surface area contributed by atoms with Crippen molar-refractivity contribution in [2.24, 2.45) is 0 Å². The van der Waals surface area contributed by atoms with E-state index in [0.717, 1.165) is 56.4 Å². The fraction of sp³-hybridized carbons (Fsp3) is 0.0526. The van der Waals surface area contributed by atoms with Crippen molar-refractivity contribution < 1.29 is 0 Å². The van der Waals surface area contributed by atoms with Gasteiger partial charge in [-0.1, -0.05) is 159 Å². The van der Waals surface area contributed by atoms with E-state index in [1.807, 2.05) is 12.1 Å². The Kier molecular flexibility index (Phi) is 7.85. The molecule has 0 saturated carbocycles. The third kappa shape index (κ3) is 5.60. The number of nitrogens with zero attached hydrogens (tertiary/aromatic N) is 4. The standard InChI is InChI=1S/C57H40N4/c1-57(2)48-24-14-12-22-44(48)46-35-54-42(34-49(46)57)27-26-41-32-39(40-29-31-53-47(33-40)45-23-13-15-25-52(45)60(53)43-20-10-5-11-21-43)28-30-51(41)61(54)55-36-50(37-16-6-3-7-17-37)58-56(59-55)38-18-8-4-9-19-38/h3-36H,1-2H3. The van der Waals surface area contributed by atoms with Gasteiger partial charge < -0.3 is 4.57 Å². The molecule has 0 fully saturated rings. The van der Waals surface area contributed by atoms with Crippen LogP contribution in [0.15, 0.2) is 194 Å². The summed E-state index contributed by atoms with van der Waals surface area (Å²) in [5.41, 5.74) is 18.3. The van der Waals surface area contributed by atoms with Gasteiger partial charge in [0.05, 0.1) is 28.1 Å². The Morgan fingerprint density at radius 1 is 0.426 bits per heavy atom. The van der Waals surface area contributed by atoms with Crippen LogP contribution in [0.3, 0.4) is 0 Å². The predicted molar refractivity (Wildman–Crippen MR) is 254 cm³/mol. The number of hydrogen-bond acceptors (Lipinski definition) is 3. The first kappa shape index (κ1) is 35.2. The third-order valence-electron chi connectivity index (χ3n) is 12.7. The lowest BCUT2D eigenvalue weighted by Crippen LogP contribution is -2.17. The van der Waals surface area contributed by atoms with Crippen molar-refractivity contribution >= 4 is 51.2 Å². The molecule has 0 spiro atoms. The highest BCUT2D eigenvalue weighted by atomic mass is 15.2. The molecular formula is C57H40N4. The summed E-state index contributed by atoms with van der Waals surface area (Å²) in [5, 5.41) is 2.47. The first-order chi connectivity index (χ1) is 30.0. The molecule has 0 atom stereocenters. The maximum Gasteiger partial charge on any atom is 0.162 e. The number of rotatable bonds is 5. The Labute approximate surface area is 355 Å². The highest BCUT2D eigenvalue weighted by molar-refractivity contribution is 6.10. The summed E-state index contributed by atoms with van der Waals surface area (Å²) in [6.45, 7) is 4.69. The molecule has 1 aliphatic carbocycles. The quantitative estimate of drug-likeness (QED) is 0.174. The van der Waals surface area contributed by atoms with Crippen LogP contribution in [-0.4, -0.2) is 14.5 Å². The van der Waals surface area contributed by atoms with Crippen molar-refractivity contribution in [2.75, 3.05) is 4.90 Å². The van der Waals surface area contributed by atoms with Crippen LogP contribution in [0, 0.1) is 0 Å². The highest BCUT2D eigenvalue weighted by Gasteiger charge is 2.37. The van der Waals surface area contributed by atoms with Gasteiger partial charge in [-0.05, 0) is 99.1 Å². The third-order valence-corrected chi connectivity index (χ3v) is 12.7. The van der Waals surface area contributed by atoms with Gasteiger partial charge in [0.15, 0.2) is 5.82 Å². The first-order valence-electron chi connectivity index (χ1n) is 21.0. The predicted octanol–water partition coefficient (Wildman–Crippen LogP) is 14.8. The summed E-state index contributed by atoms with van der Waals surface area (Å²) >= 11 is 0. The normalized spacial score (nSPS) is 13.4. The summed E-state index contributed by atoms with van der Waals surface area (Å²) < 4.78 is 2.37. The number of hydrogen-bond donors (Lipinski definition) is 0. The van der Waals surface area contributed by atoms with Gasteiger partial charge in [0, 0.05) is 39.1 Å². The van der Waals surface area contributed by atoms with Gasteiger partial charge >= 0.3 is 0 Å². The van der Waals surface area contributed by atoms with Gasteiger partial charge in [-0.15, -0.1) is 0 Å². The van der Waals surface area contributed by atoms with E-state index in [-0.39, 0.29) is 5.41 Å². The minimum Gasteiger partial charge on any atom is -0.309 e. The summed E-state index contributed by atoms with van der Waals surface area (Å²) in [6.07, 6.45) is 4.59. The Bertz CT molecular complexity index is 3320. The number of para-hydroxylation sites is 2. The second kappa shape index (κ2) is 13.6. The van der Waals surface area contributed by atoms with E-state index in [1.165, 1.54) is 49.6 Å². The minimum absolute atomic E-state index is 0.135.